The van der Waals surface area contributed by atoms with Crippen molar-refractivity contribution >= 4 is 17.4 Å². The van der Waals surface area contributed by atoms with Gasteiger partial charge in [-0.25, -0.2) is 0 Å². The Kier molecular flexibility index (Phi) is 2.82. The van der Waals surface area contributed by atoms with Gasteiger partial charge in [-0.1, -0.05) is 0 Å². The van der Waals surface area contributed by atoms with Gasteiger partial charge in [0.1, 0.15) is 5.82 Å². The van der Waals surface area contributed by atoms with E-state index in [9.17, 15) is 4.79 Å². The molecule has 1 aromatic heterocycles. The van der Waals surface area contributed by atoms with Crippen molar-refractivity contribution in [1.82, 2.24) is 9.78 Å². The van der Waals surface area contributed by atoms with Crippen molar-refractivity contribution in [2.24, 2.45) is 7.05 Å². The maximum absolute atomic E-state index is 12.0. The van der Waals surface area contributed by atoms with Crippen LogP contribution < -0.4 is 11.1 Å². The molecule has 0 atom stereocenters. The molecule has 17 heavy (non-hydrogen) atoms. The van der Waals surface area contributed by atoms with E-state index in [-0.39, 0.29) is 5.91 Å². The van der Waals surface area contributed by atoms with Crippen molar-refractivity contribution in [2.75, 3.05) is 11.1 Å². The van der Waals surface area contributed by atoms with Crippen molar-refractivity contribution in [2.45, 2.75) is 6.92 Å². The number of aryl methyl sites for hydroxylation is 2. The van der Waals surface area contributed by atoms with E-state index < -0.39 is 0 Å². The lowest BCUT2D eigenvalue weighted by Crippen LogP contribution is -2.15. The van der Waals surface area contributed by atoms with Crippen LogP contribution in [-0.4, -0.2) is 15.7 Å². The Bertz CT molecular complexity index is 539. The molecule has 0 saturated heterocycles. The number of rotatable bonds is 2. The van der Waals surface area contributed by atoms with E-state index in [1.807, 2.05) is 13.0 Å². The summed E-state index contributed by atoms with van der Waals surface area (Å²) in [6, 6.07) is 7.00. The molecule has 3 N–H and O–H groups in total. The monoisotopic (exact) mass is 230 g/mol. The number of hydrogen-bond donors (Lipinski definition) is 2. The van der Waals surface area contributed by atoms with Gasteiger partial charge in [-0.15, -0.1) is 0 Å². The summed E-state index contributed by atoms with van der Waals surface area (Å²) < 4.78 is 1.59. The van der Waals surface area contributed by atoms with Crippen molar-refractivity contribution in [1.29, 1.82) is 0 Å². The van der Waals surface area contributed by atoms with Gasteiger partial charge in [0.25, 0.3) is 5.91 Å². The maximum Gasteiger partial charge on any atom is 0.256 e. The van der Waals surface area contributed by atoms with E-state index in [4.69, 9.17) is 5.73 Å². The molecule has 1 aromatic carbocycles. The number of carbonyl (C=O) groups excluding carboxylic acids is 1. The number of amides is 1. The normalized spacial score (nSPS) is 10.2. The molecule has 0 bridgehead atoms. The Morgan fingerprint density at radius 2 is 2.18 bits per heavy atom. The molecule has 5 nitrogen and oxygen atoms in total. The molecule has 88 valence electrons. The number of hydrogen-bond acceptors (Lipinski definition) is 3. The number of nitrogens with one attached hydrogen (secondary N) is 1. The van der Waals surface area contributed by atoms with Gasteiger partial charge in [0.15, 0.2) is 0 Å². The third kappa shape index (κ3) is 2.44. The molecule has 2 rings (SSSR count). The fraction of sp³-hybridized carbons (Fsp3) is 0.167. The summed E-state index contributed by atoms with van der Waals surface area (Å²) >= 11 is 0. The topological polar surface area (TPSA) is 72.9 Å². The van der Waals surface area contributed by atoms with E-state index in [2.05, 4.69) is 10.4 Å². The first-order valence-corrected chi connectivity index (χ1v) is 5.23. The number of carbonyl (C=O) groups is 1. The molecular weight excluding hydrogens is 216 g/mol. The highest BCUT2D eigenvalue weighted by atomic mass is 16.1. The highest BCUT2D eigenvalue weighted by Crippen LogP contribution is 2.13. The lowest BCUT2D eigenvalue weighted by molar-refractivity contribution is 0.102. The van der Waals surface area contributed by atoms with Gasteiger partial charge in [0.05, 0.1) is 6.20 Å². The van der Waals surface area contributed by atoms with E-state index >= 15 is 0 Å². The molecule has 0 aliphatic heterocycles. The lowest BCUT2D eigenvalue weighted by atomic mass is 10.1. The third-order valence-corrected chi connectivity index (χ3v) is 2.42. The first-order valence-electron chi connectivity index (χ1n) is 5.23. The summed E-state index contributed by atoms with van der Waals surface area (Å²) in [7, 11) is 1.76. The van der Waals surface area contributed by atoms with Crippen LogP contribution in [0.25, 0.3) is 0 Å². The molecule has 0 aliphatic rings. The summed E-state index contributed by atoms with van der Waals surface area (Å²) in [6.07, 6.45) is 1.63. The Hall–Kier alpha value is -2.30. The standard InChI is InChI=1S/C12H14N4O/c1-8-5-9(7-10(13)6-8)12(17)15-11-3-4-14-16(11)2/h3-7H,13H2,1-2H3,(H,15,17). The SMILES string of the molecule is Cc1cc(N)cc(C(=O)Nc2ccnn2C)c1. The van der Waals surface area contributed by atoms with Gasteiger partial charge >= 0.3 is 0 Å². The van der Waals surface area contributed by atoms with Gasteiger partial charge in [0, 0.05) is 24.4 Å². The van der Waals surface area contributed by atoms with Crippen molar-refractivity contribution in [3.05, 3.63) is 41.6 Å². The van der Waals surface area contributed by atoms with Gasteiger partial charge in [-0.3, -0.25) is 9.48 Å². The Balaban J connectivity index is 2.23. The number of benzene rings is 1. The second kappa shape index (κ2) is 4.29. The average Bonchev–Trinajstić information content (AvgIpc) is 2.63. The molecule has 5 heteroatoms. The summed E-state index contributed by atoms with van der Waals surface area (Å²) in [4.78, 5) is 12.0. The van der Waals surface area contributed by atoms with Crippen molar-refractivity contribution < 1.29 is 4.79 Å². The van der Waals surface area contributed by atoms with Crippen LogP contribution in [0.2, 0.25) is 0 Å². The fourth-order valence-corrected chi connectivity index (χ4v) is 1.63. The molecule has 0 aliphatic carbocycles. The Labute approximate surface area is 99.2 Å². The average molecular weight is 230 g/mol. The molecule has 0 spiro atoms. The predicted molar refractivity (Wildman–Crippen MR) is 66.8 cm³/mol. The maximum atomic E-state index is 12.0. The van der Waals surface area contributed by atoms with E-state index in [1.165, 1.54) is 0 Å². The van der Waals surface area contributed by atoms with Crippen LogP contribution in [0.15, 0.2) is 30.5 Å². The summed E-state index contributed by atoms with van der Waals surface area (Å²) in [6.45, 7) is 1.90. The van der Waals surface area contributed by atoms with Crippen LogP contribution in [0.3, 0.4) is 0 Å². The zero-order valence-electron chi connectivity index (χ0n) is 9.77. The van der Waals surface area contributed by atoms with E-state index in [1.54, 1.807) is 36.1 Å². The number of anilines is 2. The van der Waals surface area contributed by atoms with E-state index in [0.717, 1.165) is 5.56 Å². The minimum absolute atomic E-state index is 0.191. The summed E-state index contributed by atoms with van der Waals surface area (Å²) in [5, 5.41) is 6.74. The van der Waals surface area contributed by atoms with Gasteiger partial charge < -0.3 is 11.1 Å². The zero-order chi connectivity index (χ0) is 12.4. The first-order chi connectivity index (χ1) is 8.06. The van der Waals surface area contributed by atoms with Crippen molar-refractivity contribution in [3.63, 3.8) is 0 Å². The Morgan fingerprint density at radius 3 is 2.76 bits per heavy atom. The van der Waals surface area contributed by atoms with Crippen LogP contribution in [0.4, 0.5) is 11.5 Å². The highest BCUT2D eigenvalue weighted by molar-refractivity contribution is 6.04. The molecular formula is C12H14N4O. The molecule has 1 heterocycles. The zero-order valence-corrected chi connectivity index (χ0v) is 9.77. The number of nitrogen functional groups attached to an aromatic ring is 1. The molecule has 0 unspecified atom stereocenters. The minimum Gasteiger partial charge on any atom is -0.399 e. The number of aromatic nitrogens is 2. The highest BCUT2D eigenvalue weighted by Gasteiger charge is 2.09. The van der Waals surface area contributed by atoms with Crippen LogP contribution in [0.1, 0.15) is 15.9 Å². The van der Waals surface area contributed by atoms with Gasteiger partial charge in [-0.05, 0) is 30.7 Å². The number of nitrogens with two attached hydrogens (primary N) is 1. The van der Waals surface area contributed by atoms with Crippen LogP contribution in [0, 0.1) is 6.92 Å². The smallest absolute Gasteiger partial charge is 0.256 e. The second-order valence-corrected chi connectivity index (χ2v) is 3.93. The minimum atomic E-state index is -0.191. The predicted octanol–water partition coefficient (Wildman–Crippen LogP) is 1.56. The van der Waals surface area contributed by atoms with Crippen LogP contribution in [0.5, 0.6) is 0 Å². The van der Waals surface area contributed by atoms with Crippen molar-refractivity contribution in [3.8, 4) is 0 Å². The largest absolute Gasteiger partial charge is 0.399 e. The molecule has 0 fully saturated rings. The molecule has 0 radical (unpaired) electrons. The van der Waals surface area contributed by atoms with Gasteiger partial charge in [-0.2, -0.15) is 5.10 Å². The van der Waals surface area contributed by atoms with Crippen LogP contribution in [-0.2, 0) is 7.05 Å². The number of nitrogens with zero attached hydrogens (tertiary/aromatic N) is 2. The summed E-state index contributed by atoms with van der Waals surface area (Å²) in [5.74, 6) is 0.457. The van der Waals surface area contributed by atoms with E-state index in [0.29, 0.717) is 17.1 Å². The first kappa shape index (κ1) is 11.2. The molecule has 2 aromatic rings. The molecule has 0 saturated carbocycles. The quantitative estimate of drug-likeness (QED) is 0.769. The van der Waals surface area contributed by atoms with Crippen LogP contribution >= 0.6 is 0 Å². The molecule has 1 amide bonds. The lowest BCUT2D eigenvalue weighted by Gasteiger charge is -2.06. The third-order valence-electron chi connectivity index (χ3n) is 2.42. The second-order valence-electron chi connectivity index (χ2n) is 3.93. The summed E-state index contributed by atoms with van der Waals surface area (Å²) in [5.41, 5.74) is 7.79. The Morgan fingerprint density at radius 1 is 1.41 bits per heavy atom. The fourth-order valence-electron chi connectivity index (χ4n) is 1.63. The van der Waals surface area contributed by atoms with Gasteiger partial charge in [0.2, 0.25) is 0 Å².